The molecular weight excluding hydrogens is 263 g/mol. The first-order valence-corrected chi connectivity index (χ1v) is 6.81. The monoisotopic (exact) mass is 278 g/mol. The molecule has 0 saturated carbocycles. The van der Waals surface area contributed by atoms with Gasteiger partial charge in [-0.2, -0.15) is 0 Å². The maximum atomic E-state index is 13.2. The standard InChI is InChI=1S/C19H15FO/c20-18-13-11-17(12-14-18)19(21,15-7-3-1-4-8-15)16-9-5-2-6-10-16/h1-14,21H. The van der Waals surface area contributed by atoms with E-state index in [-0.39, 0.29) is 5.82 Å². The summed E-state index contributed by atoms with van der Waals surface area (Å²) in [5.41, 5.74) is 0.850. The highest BCUT2D eigenvalue weighted by molar-refractivity contribution is 5.46. The Morgan fingerprint density at radius 2 is 0.952 bits per heavy atom. The van der Waals surface area contributed by atoms with E-state index in [4.69, 9.17) is 0 Å². The van der Waals surface area contributed by atoms with Gasteiger partial charge in [0.05, 0.1) is 0 Å². The van der Waals surface area contributed by atoms with E-state index < -0.39 is 5.60 Å². The van der Waals surface area contributed by atoms with Crippen molar-refractivity contribution in [3.05, 3.63) is 107 Å². The summed E-state index contributed by atoms with van der Waals surface area (Å²) < 4.78 is 13.2. The van der Waals surface area contributed by atoms with Gasteiger partial charge in [0, 0.05) is 0 Å². The molecule has 0 aliphatic rings. The number of halogens is 1. The largest absolute Gasteiger partial charge is 0.376 e. The molecule has 0 saturated heterocycles. The van der Waals surface area contributed by atoms with Gasteiger partial charge in [0.25, 0.3) is 0 Å². The van der Waals surface area contributed by atoms with Crippen LogP contribution in [-0.2, 0) is 5.60 Å². The topological polar surface area (TPSA) is 20.2 Å². The molecule has 0 aromatic heterocycles. The van der Waals surface area contributed by atoms with Crippen molar-refractivity contribution in [3.8, 4) is 0 Å². The van der Waals surface area contributed by atoms with Gasteiger partial charge >= 0.3 is 0 Å². The molecule has 1 N–H and O–H groups in total. The van der Waals surface area contributed by atoms with E-state index in [9.17, 15) is 9.50 Å². The normalized spacial score (nSPS) is 11.3. The Labute approximate surface area is 123 Å². The molecule has 3 aromatic carbocycles. The Hall–Kier alpha value is -2.45. The molecule has 2 heteroatoms. The molecule has 3 aromatic rings. The van der Waals surface area contributed by atoms with Crippen molar-refractivity contribution >= 4 is 0 Å². The second-order valence-electron chi connectivity index (χ2n) is 4.95. The minimum Gasteiger partial charge on any atom is -0.376 e. The Morgan fingerprint density at radius 1 is 0.571 bits per heavy atom. The third-order valence-electron chi connectivity index (χ3n) is 3.65. The van der Waals surface area contributed by atoms with Gasteiger partial charge in [-0.25, -0.2) is 4.39 Å². The third kappa shape index (κ3) is 2.46. The molecule has 0 fully saturated rings. The summed E-state index contributed by atoms with van der Waals surface area (Å²) in [5.74, 6) is -0.317. The van der Waals surface area contributed by atoms with E-state index in [1.807, 2.05) is 60.7 Å². The van der Waals surface area contributed by atoms with Gasteiger partial charge in [-0.3, -0.25) is 0 Å². The van der Waals surface area contributed by atoms with Crippen LogP contribution < -0.4 is 0 Å². The van der Waals surface area contributed by atoms with Crippen molar-refractivity contribution in [2.24, 2.45) is 0 Å². The van der Waals surface area contributed by atoms with E-state index in [0.29, 0.717) is 5.56 Å². The number of aliphatic hydroxyl groups is 1. The molecule has 0 radical (unpaired) electrons. The Morgan fingerprint density at radius 3 is 1.38 bits per heavy atom. The molecule has 0 bridgehead atoms. The smallest absolute Gasteiger partial charge is 0.140 e. The number of hydrogen-bond donors (Lipinski definition) is 1. The van der Waals surface area contributed by atoms with Crippen molar-refractivity contribution in [3.63, 3.8) is 0 Å². The summed E-state index contributed by atoms with van der Waals surface area (Å²) in [4.78, 5) is 0. The predicted molar refractivity (Wildman–Crippen MR) is 81.4 cm³/mol. The number of hydrogen-bond acceptors (Lipinski definition) is 1. The second-order valence-corrected chi connectivity index (χ2v) is 4.95. The van der Waals surface area contributed by atoms with Crippen molar-refractivity contribution in [2.75, 3.05) is 0 Å². The van der Waals surface area contributed by atoms with Gasteiger partial charge in [-0.05, 0) is 28.8 Å². The van der Waals surface area contributed by atoms with Gasteiger partial charge in [-0.1, -0.05) is 72.8 Å². The summed E-state index contributed by atoms with van der Waals surface area (Å²) >= 11 is 0. The van der Waals surface area contributed by atoms with Gasteiger partial charge in [-0.15, -0.1) is 0 Å². The van der Waals surface area contributed by atoms with Crippen LogP contribution >= 0.6 is 0 Å². The highest BCUT2D eigenvalue weighted by Crippen LogP contribution is 2.36. The highest BCUT2D eigenvalue weighted by Gasteiger charge is 2.33. The van der Waals surface area contributed by atoms with E-state index in [2.05, 4.69) is 0 Å². The maximum absolute atomic E-state index is 13.2. The SMILES string of the molecule is OC(c1ccccc1)(c1ccccc1)c1ccc(F)cc1. The molecule has 0 atom stereocenters. The summed E-state index contributed by atoms with van der Waals surface area (Å²) in [5, 5.41) is 11.4. The van der Waals surface area contributed by atoms with Crippen molar-refractivity contribution in [1.82, 2.24) is 0 Å². The van der Waals surface area contributed by atoms with Crippen LogP contribution in [0.3, 0.4) is 0 Å². The number of rotatable bonds is 3. The summed E-state index contributed by atoms with van der Waals surface area (Å²) in [6.07, 6.45) is 0. The molecule has 21 heavy (non-hydrogen) atoms. The lowest BCUT2D eigenvalue weighted by molar-refractivity contribution is 0.125. The Balaban J connectivity index is 2.23. The van der Waals surface area contributed by atoms with Crippen LogP contribution in [0.5, 0.6) is 0 Å². The first-order valence-electron chi connectivity index (χ1n) is 6.81. The first-order chi connectivity index (χ1) is 10.2. The van der Waals surface area contributed by atoms with Gasteiger partial charge < -0.3 is 5.11 Å². The lowest BCUT2D eigenvalue weighted by Crippen LogP contribution is -2.28. The fourth-order valence-corrected chi connectivity index (χ4v) is 2.55. The second kappa shape index (κ2) is 5.51. The third-order valence-corrected chi connectivity index (χ3v) is 3.65. The van der Waals surface area contributed by atoms with E-state index in [1.165, 1.54) is 12.1 Å². The van der Waals surface area contributed by atoms with Crippen molar-refractivity contribution in [1.29, 1.82) is 0 Å². The Kier molecular flexibility index (Phi) is 3.55. The van der Waals surface area contributed by atoms with E-state index in [1.54, 1.807) is 12.1 Å². The zero-order chi connectivity index (χ0) is 14.7. The predicted octanol–water partition coefficient (Wildman–Crippen LogP) is 4.11. The average Bonchev–Trinajstić information content (AvgIpc) is 2.56. The molecule has 104 valence electrons. The van der Waals surface area contributed by atoms with Gasteiger partial charge in [0.1, 0.15) is 11.4 Å². The molecule has 0 amide bonds. The van der Waals surface area contributed by atoms with Crippen LogP contribution in [0.2, 0.25) is 0 Å². The maximum Gasteiger partial charge on any atom is 0.140 e. The van der Waals surface area contributed by atoms with Crippen LogP contribution in [0.1, 0.15) is 16.7 Å². The first kappa shape index (κ1) is 13.5. The molecule has 3 rings (SSSR count). The van der Waals surface area contributed by atoms with Gasteiger partial charge in [0.2, 0.25) is 0 Å². The van der Waals surface area contributed by atoms with Crippen LogP contribution in [0, 0.1) is 5.82 Å². The van der Waals surface area contributed by atoms with Gasteiger partial charge in [0.15, 0.2) is 0 Å². The zero-order valence-electron chi connectivity index (χ0n) is 11.4. The molecule has 0 aliphatic carbocycles. The van der Waals surface area contributed by atoms with Crippen LogP contribution in [-0.4, -0.2) is 5.11 Å². The molecular formula is C19H15FO. The number of benzene rings is 3. The van der Waals surface area contributed by atoms with Crippen molar-refractivity contribution in [2.45, 2.75) is 5.60 Å². The fourth-order valence-electron chi connectivity index (χ4n) is 2.55. The van der Waals surface area contributed by atoms with E-state index in [0.717, 1.165) is 11.1 Å². The molecule has 0 aliphatic heterocycles. The highest BCUT2D eigenvalue weighted by atomic mass is 19.1. The lowest BCUT2D eigenvalue weighted by atomic mass is 9.80. The minimum atomic E-state index is -1.30. The lowest BCUT2D eigenvalue weighted by Gasteiger charge is -2.30. The van der Waals surface area contributed by atoms with Crippen LogP contribution in [0.15, 0.2) is 84.9 Å². The summed E-state index contributed by atoms with van der Waals surface area (Å²) in [7, 11) is 0. The van der Waals surface area contributed by atoms with Crippen LogP contribution in [0.4, 0.5) is 4.39 Å². The van der Waals surface area contributed by atoms with Crippen LogP contribution in [0.25, 0.3) is 0 Å². The molecule has 0 heterocycles. The molecule has 0 unspecified atom stereocenters. The minimum absolute atomic E-state index is 0.317. The average molecular weight is 278 g/mol. The molecule has 0 spiro atoms. The quantitative estimate of drug-likeness (QED) is 0.715. The molecule has 1 nitrogen and oxygen atoms in total. The van der Waals surface area contributed by atoms with E-state index >= 15 is 0 Å². The zero-order valence-corrected chi connectivity index (χ0v) is 11.4. The fraction of sp³-hybridized carbons (Fsp3) is 0.0526. The summed E-state index contributed by atoms with van der Waals surface area (Å²) in [6, 6.07) is 24.8. The summed E-state index contributed by atoms with van der Waals surface area (Å²) in [6.45, 7) is 0. The van der Waals surface area contributed by atoms with Crippen molar-refractivity contribution < 1.29 is 9.50 Å². The Bertz CT molecular complexity index is 666.